The van der Waals surface area contributed by atoms with Gasteiger partial charge in [0, 0.05) is 5.69 Å². The summed E-state index contributed by atoms with van der Waals surface area (Å²) in [5.41, 5.74) is 4.15. The summed E-state index contributed by atoms with van der Waals surface area (Å²) in [4.78, 5) is 13.9. The molecule has 1 N–H and O–H groups in total. The van der Waals surface area contributed by atoms with Crippen LogP contribution in [0, 0.1) is 0 Å². The van der Waals surface area contributed by atoms with Crippen LogP contribution in [0.25, 0.3) is 16.7 Å². The van der Waals surface area contributed by atoms with E-state index >= 15 is 0 Å². The molecule has 3 aromatic carbocycles. The molecule has 0 saturated heterocycles. The first-order chi connectivity index (χ1) is 16.1. The highest BCUT2D eigenvalue weighted by atomic mass is 16.5. The Morgan fingerprint density at radius 1 is 0.909 bits per heavy atom. The normalized spacial score (nSPS) is 11.8. The quantitative estimate of drug-likeness (QED) is 0.376. The summed E-state index contributed by atoms with van der Waals surface area (Å²) in [7, 11) is 0. The number of anilines is 1. The van der Waals surface area contributed by atoms with Crippen LogP contribution >= 0.6 is 0 Å². The molecule has 0 aliphatic heterocycles. The molecule has 1 unspecified atom stereocenters. The van der Waals surface area contributed by atoms with Gasteiger partial charge >= 0.3 is 0 Å². The third-order valence-corrected chi connectivity index (χ3v) is 5.47. The number of nitrogens with one attached hydrogen (secondary N) is 1. The van der Waals surface area contributed by atoms with E-state index in [1.165, 1.54) is 5.56 Å². The fourth-order valence-electron chi connectivity index (χ4n) is 3.42. The minimum atomic E-state index is -0.237. The molecule has 0 aliphatic rings. The first-order valence-electron chi connectivity index (χ1n) is 11.2. The maximum Gasteiger partial charge on any atom is 0.262 e. The second-order valence-corrected chi connectivity index (χ2v) is 7.84. The molecule has 1 heterocycles. The van der Waals surface area contributed by atoms with E-state index < -0.39 is 0 Å². The Hall–Kier alpha value is -3.87. The van der Waals surface area contributed by atoms with Crippen molar-refractivity contribution in [2.75, 3.05) is 18.5 Å². The smallest absolute Gasteiger partial charge is 0.262 e. The molecular formula is C26H28N4O3. The van der Waals surface area contributed by atoms with Crippen molar-refractivity contribution >= 4 is 22.6 Å². The average molecular weight is 445 g/mol. The minimum Gasteiger partial charge on any atom is -0.494 e. The standard InChI is InChI=1S/C26H28N4O3/c1-4-18(3)19-6-11-23(12-7-19)33-17-26(31)27-20-8-15-24-25(16-20)29-30(28-24)21-9-13-22(14-10-21)32-5-2/h6-16,18H,4-5,17H2,1-3H3,(H,27,31). The second-order valence-electron chi connectivity index (χ2n) is 7.84. The molecule has 0 fully saturated rings. The number of nitrogens with zero attached hydrogens (tertiary/aromatic N) is 3. The molecular weight excluding hydrogens is 416 g/mol. The van der Waals surface area contributed by atoms with Gasteiger partial charge in [0.15, 0.2) is 6.61 Å². The predicted molar refractivity (Wildman–Crippen MR) is 129 cm³/mol. The largest absolute Gasteiger partial charge is 0.494 e. The van der Waals surface area contributed by atoms with Gasteiger partial charge < -0.3 is 14.8 Å². The molecule has 7 nitrogen and oxygen atoms in total. The maximum atomic E-state index is 12.4. The van der Waals surface area contributed by atoms with E-state index in [2.05, 4.69) is 29.4 Å². The molecule has 4 rings (SSSR count). The maximum absolute atomic E-state index is 12.4. The van der Waals surface area contributed by atoms with Crippen molar-refractivity contribution in [2.24, 2.45) is 0 Å². The van der Waals surface area contributed by atoms with Gasteiger partial charge in [-0.1, -0.05) is 26.0 Å². The zero-order valence-electron chi connectivity index (χ0n) is 19.1. The van der Waals surface area contributed by atoms with Crippen LogP contribution in [0.4, 0.5) is 5.69 Å². The fourth-order valence-corrected chi connectivity index (χ4v) is 3.42. The topological polar surface area (TPSA) is 78.3 Å². The molecule has 33 heavy (non-hydrogen) atoms. The fraction of sp³-hybridized carbons (Fsp3) is 0.269. The summed E-state index contributed by atoms with van der Waals surface area (Å²) < 4.78 is 11.1. The minimum absolute atomic E-state index is 0.0699. The van der Waals surface area contributed by atoms with Crippen molar-refractivity contribution in [1.82, 2.24) is 15.0 Å². The van der Waals surface area contributed by atoms with Gasteiger partial charge in [-0.3, -0.25) is 4.79 Å². The molecule has 170 valence electrons. The third-order valence-electron chi connectivity index (χ3n) is 5.47. The lowest BCUT2D eigenvalue weighted by Crippen LogP contribution is -2.20. The Morgan fingerprint density at radius 3 is 2.27 bits per heavy atom. The van der Waals surface area contributed by atoms with E-state index in [9.17, 15) is 4.79 Å². The van der Waals surface area contributed by atoms with Crippen LogP contribution < -0.4 is 14.8 Å². The highest BCUT2D eigenvalue weighted by Crippen LogP contribution is 2.22. The molecule has 1 aromatic heterocycles. The van der Waals surface area contributed by atoms with E-state index in [1.54, 1.807) is 16.9 Å². The van der Waals surface area contributed by atoms with Crippen LogP contribution in [0.2, 0.25) is 0 Å². The van der Waals surface area contributed by atoms with Gasteiger partial charge in [0.05, 0.1) is 12.3 Å². The van der Waals surface area contributed by atoms with Gasteiger partial charge in [-0.25, -0.2) is 0 Å². The van der Waals surface area contributed by atoms with Crippen LogP contribution in [0.3, 0.4) is 0 Å². The molecule has 7 heteroatoms. The number of hydrogen-bond acceptors (Lipinski definition) is 5. The van der Waals surface area contributed by atoms with Crippen molar-refractivity contribution in [1.29, 1.82) is 0 Å². The number of amides is 1. The zero-order valence-corrected chi connectivity index (χ0v) is 19.1. The lowest BCUT2D eigenvalue weighted by Gasteiger charge is -2.11. The molecule has 4 aromatic rings. The van der Waals surface area contributed by atoms with Crippen LogP contribution in [-0.4, -0.2) is 34.1 Å². The molecule has 0 aliphatic carbocycles. The number of carbonyl (C=O) groups excluding carboxylic acids is 1. The lowest BCUT2D eigenvalue weighted by molar-refractivity contribution is -0.118. The Morgan fingerprint density at radius 2 is 1.58 bits per heavy atom. The van der Waals surface area contributed by atoms with E-state index in [0.717, 1.165) is 23.4 Å². The van der Waals surface area contributed by atoms with Gasteiger partial charge in [-0.15, -0.1) is 10.2 Å². The van der Waals surface area contributed by atoms with Crippen LogP contribution in [-0.2, 0) is 4.79 Å². The first kappa shape index (κ1) is 22.3. The number of ether oxygens (including phenoxy) is 2. The molecule has 0 bridgehead atoms. The Kier molecular flexibility index (Phi) is 6.88. The van der Waals surface area contributed by atoms with Gasteiger partial charge in [-0.2, -0.15) is 4.80 Å². The number of hydrogen-bond donors (Lipinski definition) is 1. The third kappa shape index (κ3) is 5.49. The van der Waals surface area contributed by atoms with E-state index in [1.807, 2.05) is 61.5 Å². The average Bonchev–Trinajstić information content (AvgIpc) is 3.27. The SMILES string of the molecule is CCOc1ccc(-n2nc3ccc(NC(=O)COc4ccc(C(C)CC)cc4)cc3n2)cc1. The number of fused-ring (bicyclic) bond motifs is 1. The Labute approximate surface area is 193 Å². The summed E-state index contributed by atoms with van der Waals surface area (Å²) >= 11 is 0. The molecule has 1 atom stereocenters. The molecule has 0 radical (unpaired) electrons. The predicted octanol–water partition coefficient (Wildman–Crippen LogP) is 5.35. The summed E-state index contributed by atoms with van der Waals surface area (Å²) in [6, 6.07) is 20.9. The van der Waals surface area contributed by atoms with E-state index in [0.29, 0.717) is 29.5 Å². The molecule has 1 amide bonds. The molecule has 0 saturated carbocycles. The van der Waals surface area contributed by atoms with Gasteiger partial charge in [0.2, 0.25) is 0 Å². The summed E-state index contributed by atoms with van der Waals surface area (Å²) in [6.07, 6.45) is 1.08. The lowest BCUT2D eigenvalue weighted by atomic mass is 9.99. The molecule has 0 spiro atoms. The van der Waals surface area contributed by atoms with Gasteiger partial charge in [-0.05, 0) is 79.4 Å². The number of rotatable bonds is 9. The zero-order chi connectivity index (χ0) is 23.2. The van der Waals surface area contributed by atoms with Crippen LogP contribution in [0.15, 0.2) is 66.7 Å². The van der Waals surface area contributed by atoms with Gasteiger partial charge in [0.25, 0.3) is 5.91 Å². The van der Waals surface area contributed by atoms with Crippen LogP contribution in [0.5, 0.6) is 11.5 Å². The monoisotopic (exact) mass is 444 g/mol. The highest BCUT2D eigenvalue weighted by Gasteiger charge is 2.09. The van der Waals surface area contributed by atoms with Crippen molar-refractivity contribution in [3.63, 3.8) is 0 Å². The Bertz CT molecular complexity index is 1220. The highest BCUT2D eigenvalue weighted by molar-refractivity contribution is 5.93. The second kappa shape index (κ2) is 10.2. The van der Waals surface area contributed by atoms with E-state index in [4.69, 9.17) is 9.47 Å². The first-order valence-corrected chi connectivity index (χ1v) is 11.2. The van der Waals surface area contributed by atoms with Gasteiger partial charge in [0.1, 0.15) is 22.5 Å². The van der Waals surface area contributed by atoms with Crippen molar-refractivity contribution in [3.05, 3.63) is 72.3 Å². The summed E-state index contributed by atoms with van der Waals surface area (Å²) in [5.74, 6) is 1.74. The van der Waals surface area contributed by atoms with Crippen molar-refractivity contribution in [3.8, 4) is 17.2 Å². The van der Waals surface area contributed by atoms with Crippen molar-refractivity contribution < 1.29 is 14.3 Å². The Balaban J connectivity index is 1.37. The van der Waals surface area contributed by atoms with Crippen LogP contribution in [0.1, 0.15) is 38.7 Å². The van der Waals surface area contributed by atoms with Crippen molar-refractivity contribution in [2.45, 2.75) is 33.1 Å². The summed E-state index contributed by atoms with van der Waals surface area (Å²) in [5, 5.41) is 11.9. The number of aromatic nitrogens is 3. The number of carbonyl (C=O) groups is 1. The van der Waals surface area contributed by atoms with E-state index in [-0.39, 0.29) is 12.5 Å². The number of benzene rings is 3. The summed E-state index contributed by atoms with van der Waals surface area (Å²) in [6.45, 7) is 6.85.